The van der Waals surface area contributed by atoms with Crippen LogP contribution in [0, 0.1) is 0 Å². The summed E-state index contributed by atoms with van der Waals surface area (Å²) in [7, 11) is 0. The van der Waals surface area contributed by atoms with Crippen LogP contribution in [0.15, 0.2) is 60.8 Å². The minimum Gasteiger partial charge on any atom is -0.492 e. The molecule has 3 rings (SSSR count). The first-order chi connectivity index (χ1) is 11.8. The van der Waals surface area contributed by atoms with Gasteiger partial charge in [-0.1, -0.05) is 30.3 Å². The first kappa shape index (κ1) is 15.8. The number of nitrogens with zero attached hydrogens (tertiary/aromatic N) is 1. The van der Waals surface area contributed by atoms with Gasteiger partial charge in [0.25, 0.3) is 5.91 Å². The lowest BCUT2D eigenvalue weighted by molar-refractivity contribution is -0.118. The van der Waals surface area contributed by atoms with Gasteiger partial charge in [0, 0.05) is 11.6 Å². The topological polar surface area (TPSA) is 60.5 Å². The Bertz CT molecular complexity index is 843. The fourth-order valence-electron chi connectivity index (χ4n) is 2.37. The van der Waals surface area contributed by atoms with Gasteiger partial charge in [0.2, 0.25) is 0 Å². The maximum absolute atomic E-state index is 12.2. The molecule has 24 heavy (non-hydrogen) atoms. The summed E-state index contributed by atoms with van der Waals surface area (Å²) < 4.78 is 11.1. The average Bonchev–Trinajstić information content (AvgIpc) is 2.62. The van der Waals surface area contributed by atoms with Crippen molar-refractivity contribution in [3.05, 3.63) is 60.8 Å². The Morgan fingerprint density at radius 3 is 2.67 bits per heavy atom. The molecule has 1 amide bonds. The summed E-state index contributed by atoms with van der Waals surface area (Å²) in [6.07, 6.45) is 1.70. The van der Waals surface area contributed by atoms with E-state index in [0.717, 1.165) is 10.9 Å². The molecule has 0 spiro atoms. The lowest BCUT2D eigenvalue weighted by Gasteiger charge is -2.12. The number of para-hydroxylation sites is 3. The third-order valence-corrected chi connectivity index (χ3v) is 3.42. The number of hydrogen-bond acceptors (Lipinski definition) is 4. The van der Waals surface area contributed by atoms with Crippen LogP contribution >= 0.6 is 0 Å². The SMILES string of the molecule is CCOc1ccccc1NC(=O)COc1cccc2cccnc12. The van der Waals surface area contributed by atoms with Crippen molar-refractivity contribution in [1.29, 1.82) is 0 Å². The number of aromatic nitrogens is 1. The van der Waals surface area contributed by atoms with Crippen LogP contribution in [0.1, 0.15) is 6.92 Å². The highest BCUT2D eigenvalue weighted by Gasteiger charge is 2.09. The molecule has 0 aliphatic carbocycles. The fourth-order valence-corrected chi connectivity index (χ4v) is 2.37. The zero-order valence-electron chi connectivity index (χ0n) is 13.4. The van der Waals surface area contributed by atoms with Crippen LogP contribution in [-0.2, 0) is 4.79 Å². The summed E-state index contributed by atoms with van der Waals surface area (Å²) in [5, 5.41) is 3.77. The van der Waals surface area contributed by atoms with Gasteiger partial charge in [-0.05, 0) is 31.2 Å². The summed E-state index contributed by atoms with van der Waals surface area (Å²) >= 11 is 0. The van der Waals surface area contributed by atoms with Crippen LogP contribution in [0.2, 0.25) is 0 Å². The van der Waals surface area contributed by atoms with E-state index in [1.807, 2.05) is 49.4 Å². The van der Waals surface area contributed by atoms with Gasteiger partial charge in [-0.2, -0.15) is 0 Å². The van der Waals surface area contributed by atoms with Gasteiger partial charge in [-0.15, -0.1) is 0 Å². The van der Waals surface area contributed by atoms with Gasteiger partial charge in [0.1, 0.15) is 17.0 Å². The van der Waals surface area contributed by atoms with Crippen molar-refractivity contribution in [2.24, 2.45) is 0 Å². The summed E-state index contributed by atoms with van der Waals surface area (Å²) in [5.41, 5.74) is 1.37. The van der Waals surface area contributed by atoms with Crippen LogP contribution < -0.4 is 14.8 Å². The number of ether oxygens (including phenoxy) is 2. The van der Waals surface area contributed by atoms with Crippen molar-refractivity contribution in [2.45, 2.75) is 6.92 Å². The standard InChI is InChI=1S/C19H18N2O3/c1-2-23-16-10-4-3-9-15(16)21-18(22)13-24-17-11-5-7-14-8-6-12-20-19(14)17/h3-12H,2,13H2,1H3,(H,21,22). The van der Waals surface area contributed by atoms with E-state index in [0.29, 0.717) is 23.8 Å². The number of amides is 1. The Morgan fingerprint density at radius 2 is 1.79 bits per heavy atom. The van der Waals surface area contributed by atoms with Crippen LogP contribution in [0.25, 0.3) is 10.9 Å². The highest BCUT2D eigenvalue weighted by molar-refractivity contribution is 5.93. The Hall–Kier alpha value is -3.08. The molecule has 2 aromatic carbocycles. The molecule has 0 aliphatic rings. The van der Waals surface area contributed by atoms with Crippen molar-refractivity contribution >= 4 is 22.5 Å². The van der Waals surface area contributed by atoms with Gasteiger partial charge in [0.15, 0.2) is 6.61 Å². The van der Waals surface area contributed by atoms with E-state index in [4.69, 9.17) is 9.47 Å². The first-order valence-electron chi connectivity index (χ1n) is 7.76. The lowest BCUT2D eigenvalue weighted by atomic mass is 10.2. The molecule has 1 N–H and O–H groups in total. The normalized spacial score (nSPS) is 10.4. The van der Waals surface area contributed by atoms with E-state index in [9.17, 15) is 4.79 Å². The molecule has 0 unspecified atom stereocenters. The molecule has 0 fully saturated rings. The van der Waals surface area contributed by atoms with E-state index in [2.05, 4.69) is 10.3 Å². The smallest absolute Gasteiger partial charge is 0.262 e. The predicted octanol–water partition coefficient (Wildman–Crippen LogP) is 3.65. The second-order valence-electron chi connectivity index (χ2n) is 5.10. The van der Waals surface area contributed by atoms with Gasteiger partial charge < -0.3 is 14.8 Å². The van der Waals surface area contributed by atoms with E-state index in [-0.39, 0.29) is 12.5 Å². The number of hydrogen-bond donors (Lipinski definition) is 1. The van der Waals surface area contributed by atoms with Gasteiger partial charge in [-0.25, -0.2) is 0 Å². The minimum absolute atomic E-state index is 0.101. The molecule has 0 saturated heterocycles. The van der Waals surface area contributed by atoms with Crippen molar-refractivity contribution in [2.75, 3.05) is 18.5 Å². The van der Waals surface area contributed by atoms with Gasteiger partial charge >= 0.3 is 0 Å². The zero-order valence-corrected chi connectivity index (χ0v) is 13.4. The molecule has 0 atom stereocenters. The molecule has 5 nitrogen and oxygen atoms in total. The molecule has 122 valence electrons. The van der Waals surface area contributed by atoms with Crippen LogP contribution in [0.4, 0.5) is 5.69 Å². The van der Waals surface area contributed by atoms with E-state index in [1.54, 1.807) is 18.3 Å². The monoisotopic (exact) mass is 322 g/mol. The number of rotatable bonds is 6. The van der Waals surface area contributed by atoms with Crippen LogP contribution in [0.5, 0.6) is 11.5 Å². The summed E-state index contributed by atoms with van der Waals surface area (Å²) in [6.45, 7) is 2.33. The second-order valence-corrected chi connectivity index (χ2v) is 5.10. The number of fused-ring (bicyclic) bond motifs is 1. The Labute approximate surface area is 140 Å². The molecule has 0 saturated carbocycles. The Balaban J connectivity index is 1.67. The van der Waals surface area contributed by atoms with E-state index < -0.39 is 0 Å². The highest BCUT2D eigenvalue weighted by atomic mass is 16.5. The third kappa shape index (κ3) is 3.63. The number of carbonyl (C=O) groups excluding carboxylic acids is 1. The van der Waals surface area contributed by atoms with Gasteiger partial charge in [-0.3, -0.25) is 9.78 Å². The van der Waals surface area contributed by atoms with Gasteiger partial charge in [0.05, 0.1) is 12.3 Å². The first-order valence-corrected chi connectivity index (χ1v) is 7.76. The predicted molar refractivity (Wildman–Crippen MR) is 93.5 cm³/mol. The van der Waals surface area contributed by atoms with E-state index in [1.165, 1.54) is 0 Å². The molecular weight excluding hydrogens is 304 g/mol. The third-order valence-electron chi connectivity index (χ3n) is 3.42. The molecule has 0 bridgehead atoms. The number of anilines is 1. The minimum atomic E-state index is -0.255. The average molecular weight is 322 g/mol. The zero-order chi connectivity index (χ0) is 16.8. The Morgan fingerprint density at radius 1 is 1.00 bits per heavy atom. The van der Waals surface area contributed by atoms with E-state index >= 15 is 0 Å². The molecule has 1 heterocycles. The number of pyridine rings is 1. The fraction of sp³-hybridized carbons (Fsp3) is 0.158. The Kier molecular flexibility index (Phi) is 4.91. The molecule has 5 heteroatoms. The van der Waals surface area contributed by atoms with Crippen LogP contribution in [0.3, 0.4) is 0 Å². The summed E-state index contributed by atoms with van der Waals surface area (Å²) in [6, 6.07) is 16.8. The maximum Gasteiger partial charge on any atom is 0.262 e. The highest BCUT2D eigenvalue weighted by Crippen LogP contribution is 2.25. The van der Waals surface area contributed by atoms with Crippen molar-refractivity contribution in [3.8, 4) is 11.5 Å². The second kappa shape index (κ2) is 7.46. The molecule has 3 aromatic rings. The number of nitrogens with one attached hydrogen (secondary N) is 1. The molecule has 0 radical (unpaired) electrons. The van der Waals surface area contributed by atoms with Crippen molar-refractivity contribution < 1.29 is 14.3 Å². The van der Waals surface area contributed by atoms with Crippen molar-refractivity contribution in [1.82, 2.24) is 4.98 Å². The van der Waals surface area contributed by atoms with Crippen LogP contribution in [-0.4, -0.2) is 24.1 Å². The summed E-state index contributed by atoms with van der Waals surface area (Å²) in [5.74, 6) is 0.969. The lowest BCUT2D eigenvalue weighted by Crippen LogP contribution is -2.20. The molecule has 0 aliphatic heterocycles. The number of carbonyl (C=O) groups is 1. The quantitative estimate of drug-likeness (QED) is 0.752. The van der Waals surface area contributed by atoms with Crippen molar-refractivity contribution in [3.63, 3.8) is 0 Å². The maximum atomic E-state index is 12.2. The molecular formula is C19H18N2O3. The largest absolute Gasteiger partial charge is 0.492 e. The summed E-state index contributed by atoms with van der Waals surface area (Å²) in [4.78, 5) is 16.5. The molecule has 1 aromatic heterocycles. The number of benzene rings is 2.